The summed E-state index contributed by atoms with van der Waals surface area (Å²) < 4.78 is 0. The molecule has 0 saturated heterocycles. The second-order valence-corrected chi connectivity index (χ2v) is 7.89. The molecule has 0 radical (unpaired) electrons. The fourth-order valence-electron chi connectivity index (χ4n) is 3.55. The fourth-order valence-corrected chi connectivity index (χ4v) is 3.55. The Labute approximate surface area is 157 Å². The number of allylic oxidation sites excluding steroid dienone is 2. The van der Waals surface area contributed by atoms with E-state index >= 15 is 0 Å². The van der Waals surface area contributed by atoms with E-state index in [0.717, 1.165) is 31.6 Å². The van der Waals surface area contributed by atoms with E-state index in [0.29, 0.717) is 6.54 Å². The number of unbranched alkanes of at least 4 members (excludes halogenated alkanes) is 1. The smallest absolute Gasteiger partial charge is 0.0893 e. The molecule has 148 valence electrons. The van der Waals surface area contributed by atoms with Crippen LogP contribution < -0.4 is 0 Å². The number of nitrogens with zero attached hydrogens (tertiary/aromatic N) is 2. The van der Waals surface area contributed by atoms with Gasteiger partial charge in [0.15, 0.2) is 0 Å². The molecule has 0 fully saturated rings. The summed E-state index contributed by atoms with van der Waals surface area (Å²) in [5.41, 5.74) is 0.309. The van der Waals surface area contributed by atoms with Crippen LogP contribution in [-0.2, 0) is 0 Å². The molecule has 1 N–H and O–H groups in total. The molecular formula is C22H44N2O. The average Bonchev–Trinajstić information content (AvgIpc) is 2.65. The van der Waals surface area contributed by atoms with E-state index in [1.165, 1.54) is 31.4 Å². The molecule has 0 aromatic rings. The van der Waals surface area contributed by atoms with Gasteiger partial charge in [-0.2, -0.15) is 5.10 Å². The lowest BCUT2D eigenvalue weighted by atomic mass is 9.68. The first-order valence-corrected chi connectivity index (χ1v) is 10.4. The molecule has 3 heteroatoms. The minimum atomic E-state index is -0.761. The van der Waals surface area contributed by atoms with Crippen LogP contribution in [0.3, 0.4) is 0 Å². The quantitative estimate of drug-likeness (QED) is 0.223. The molecule has 0 amide bonds. The van der Waals surface area contributed by atoms with Crippen LogP contribution in [0.5, 0.6) is 0 Å². The first-order valence-electron chi connectivity index (χ1n) is 10.4. The van der Waals surface area contributed by atoms with Gasteiger partial charge in [-0.1, -0.05) is 66.9 Å². The van der Waals surface area contributed by atoms with Gasteiger partial charge < -0.3 is 5.11 Å². The molecule has 0 heterocycles. The van der Waals surface area contributed by atoms with E-state index in [-0.39, 0.29) is 5.41 Å². The number of hydrazone groups is 1. The third-order valence-electron chi connectivity index (χ3n) is 6.59. The molecule has 0 bridgehead atoms. The number of hydrogen-bond donors (Lipinski definition) is 1. The average molecular weight is 353 g/mol. The van der Waals surface area contributed by atoms with E-state index in [2.05, 4.69) is 66.4 Å². The van der Waals surface area contributed by atoms with Gasteiger partial charge in [0.25, 0.3) is 0 Å². The van der Waals surface area contributed by atoms with Crippen molar-refractivity contribution in [1.82, 2.24) is 5.01 Å². The zero-order chi connectivity index (χ0) is 19.5. The van der Waals surface area contributed by atoms with Crippen molar-refractivity contribution in [2.75, 3.05) is 6.54 Å². The maximum atomic E-state index is 11.4. The SMILES string of the molecule is C=NN(C[C@](O)(CC)C(C)(CC)CC)/C(=C\C)CCCCC(C)CC. The summed E-state index contributed by atoms with van der Waals surface area (Å²) in [6, 6.07) is 0. The fraction of sp³-hybridized carbons (Fsp3) is 0.864. The van der Waals surface area contributed by atoms with E-state index in [9.17, 15) is 5.11 Å². The number of aliphatic hydroxyl groups is 1. The van der Waals surface area contributed by atoms with Gasteiger partial charge in [0.1, 0.15) is 0 Å². The molecule has 0 aliphatic heterocycles. The highest BCUT2D eigenvalue weighted by atomic mass is 16.3. The Kier molecular flexibility index (Phi) is 11.3. The minimum absolute atomic E-state index is 0.111. The predicted molar refractivity (Wildman–Crippen MR) is 112 cm³/mol. The molecule has 0 aromatic carbocycles. The topological polar surface area (TPSA) is 35.8 Å². The molecule has 0 aliphatic carbocycles. The lowest BCUT2D eigenvalue weighted by Crippen LogP contribution is -2.52. The molecular weight excluding hydrogens is 308 g/mol. The molecule has 0 rings (SSSR count). The normalized spacial score (nSPS) is 16.4. The van der Waals surface area contributed by atoms with E-state index in [1.54, 1.807) is 0 Å². The standard InChI is InChI=1S/C22H44N2O/c1-9-19(6)16-14-15-17-20(10-2)24(23-8)18-22(25,13-5)21(7,11-3)12-4/h10,19,25H,8-9,11-18H2,1-7H3/b20-10-/t19?,22-/m1/s1. The van der Waals surface area contributed by atoms with Crippen LogP contribution in [0.1, 0.15) is 99.8 Å². The molecule has 3 nitrogen and oxygen atoms in total. The zero-order valence-electron chi connectivity index (χ0n) is 18.1. The van der Waals surface area contributed by atoms with Crippen molar-refractivity contribution < 1.29 is 5.11 Å². The Hall–Kier alpha value is -0.830. The van der Waals surface area contributed by atoms with Crippen LogP contribution >= 0.6 is 0 Å². The van der Waals surface area contributed by atoms with Crippen molar-refractivity contribution >= 4 is 6.72 Å². The van der Waals surface area contributed by atoms with Crippen molar-refractivity contribution in [3.63, 3.8) is 0 Å². The third kappa shape index (κ3) is 6.77. The molecule has 0 spiro atoms. The summed E-state index contributed by atoms with van der Waals surface area (Å²) in [7, 11) is 0. The van der Waals surface area contributed by atoms with Gasteiger partial charge in [0.05, 0.1) is 12.1 Å². The van der Waals surface area contributed by atoms with Crippen LogP contribution in [0.4, 0.5) is 0 Å². The summed E-state index contributed by atoms with van der Waals surface area (Å²) >= 11 is 0. The Balaban J connectivity index is 5.00. The summed E-state index contributed by atoms with van der Waals surface area (Å²) in [6.45, 7) is 19.6. The highest BCUT2D eigenvalue weighted by Crippen LogP contribution is 2.41. The van der Waals surface area contributed by atoms with Gasteiger partial charge in [0.2, 0.25) is 0 Å². The molecule has 1 unspecified atom stereocenters. The van der Waals surface area contributed by atoms with Crippen molar-refractivity contribution in [2.24, 2.45) is 16.4 Å². The highest BCUT2D eigenvalue weighted by molar-refractivity contribution is 5.24. The highest BCUT2D eigenvalue weighted by Gasteiger charge is 2.44. The Morgan fingerprint density at radius 3 is 2.16 bits per heavy atom. The van der Waals surface area contributed by atoms with Crippen molar-refractivity contribution in [3.05, 3.63) is 11.8 Å². The van der Waals surface area contributed by atoms with Gasteiger partial charge in [0, 0.05) is 12.4 Å². The van der Waals surface area contributed by atoms with Crippen LogP contribution in [0.15, 0.2) is 16.9 Å². The Morgan fingerprint density at radius 2 is 1.76 bits per heavy atom. The van der Waals surface area contributed by atoms with E-state index in [1.807, 2.05) is 5.01 Å². The van der Waals surface area contributed by atoms with Gasteiger partial charge >= 0.3 is 0 Å². The molecule has 0 saturated carbocycles. The lowest BCUT2D eigenvalue weighted by molar-refractivity contribution is -0.0988. The maximum absolute atomic E-state index is 11.4. The van der Waals surface area contributed by atoms with Gasteiger partial charge in [-0.25, -0.2) is 0 Å². The summed E-state index contributed by atoms with van der Waals surface area (Å²) in [6.07, 6.45) is 10.7. The van der Waals surface area contributed by atoms with Crippen molar-refractivity contribution in [2.45, 2.75) is 105 Å². The number of hydrogen-bond acceptors (Lipinski definition) is 3. The summed E-state index contributed by atoms with van der Waals surface area (Å²) in [5.74, 6) is 0.808. The summed E-state index contributed by atoms with van der Waals surface area (Å²) in [5, 5.41) is 17.6. The molecule has 0 aromatic heterocycles. The van der Waals surface area contributed by atoms with Crippen molar-refractivity contribution in [3.8, 4) is 0 Å². The second-order valence-electron chi connectivity index (χ2n) is 7.89. The van der Waals surface area contributed by atoms with Crippen LogP contribution in [0.2, 0.25) is 0 Å². The van der Waals surface area contributed by atoms with Crippen LogP contribution in [-0.4, -0.2) is 29.0 Å². The first-order chi connectivity index (χ1) is 11.8. The van der Waals surface area contributed by atoms with Crippen molar-refractivity contribution in [1.29, 1.82) is 0 Å². The second kappa shape index (κ2) is 11.7. The third-order valence-corrected chi connectivity index (χ3v) is 6.59. The van der Waals surface area contributed by atoms with Gasteiger partial charge in [-0.05, 0) is 50.4 Å². The molecule has 0 aliphatic rings. The Bertz CT molecular complexity index is 401. The number of rotatable bonds is 14. The van der Waals surface area contributed by atoms with Gasteiger partial charge in [-0.3, -0.25) is 5.01 Å². The molecule has 25 heavy (non-hydrogen) atoms. The minimum Gasteiger partial charge on any atom is -0.387 e. The lowest BCUT2D eigenvalue weighted by Gasteiger charge is -2.46. The monoisotopic (exact) mass is 352 g/mol. The van der Waals surface area contributed by atoms with Crippen LogP contribution in [0.25, 0.3) is 0 Å². The Morgan fingerprint density at radius 1 is 1.16 bits per heavy atom. The van der Waals surface area contributed by atoms with Crippen LogP contribution in [0, 0.1) is 11.3 Å². The maximum Gasteiger partial charge on any atom is 0.0893 e. The zero-order valence-corrected chi connectivity index (χ0v) is 18.1. The van der Waals surface area contributed by atoms with Gasteiger partial charge in [-0.15, -0.1) is 0 Å². The summed E-state index contributed by atoms with van der Waals surface area (Å²) in [4.78, 5) is 0. The predicted octanol–water partition coefficient (Wildman–Crippen LogP) is 6.38. The van der Waals surface area contributed by atoms with E-state index < -0.39 is 5.60 Å². The van der Waals surface area contributed by atoms with E-state index in [4.69, 9.17) is 0 Å². The molecule has 2 atom stereocenters. The first kappa shape index (κ1) is 24.2. The largest absolute Gasteiger partial charge is 0.387 e.